The standard InChI is InChI=1S/C14H20N2O2/c1-16(2)13-6-5-11(15)9-12(13)14(17)18-8-7-10-3-4-10/h5-6,9-10H,3-4,7-8,15H2,1-2H3. The average molecular weight is 248 g/mol. The van der Waals surface area contributed by atoms with E-state index in [9.17, 15) is 4.79 Å². The van der Waals surface area contributed by atoms with Crippen LogP contribution >= 0.6 is 0 Å². The minimum atomic E-state index is -0.286. The van der Waals surface area contributed by atoms with Crippen molar-refractivity contribution >= 4 is 17.3 Å². The van der Waals surface area contributed by atoms with Crippen LogP contribution in [0.3, 0.4) is 0 Å². The van der Waals surface area contributed by atoms with Gasteiger partial charge in [-0.1, -0.05) is 12.8 Å². The van der Waals surface area contributed by atoms with Gasteiger partial charge >= 0.3 is 5.97 Å². The fourth-order valence-corrected chi connectivity index (χ4v) is 1.91. The lowest BCUT2D eigenvalue weighted by atomic mass is 10.1. The lowest BCUT2D eigenvalue weighted by Gasteiger charge is -2.17. The van der Waals surface area contributed by atoms with Crippen LogP contribution in [0.1, 0.15) is 29.6 Å². The smallest absolute Gasteiger partial charge is 0.340 e. The highest BCUT2D eigenvalue weighted by Gasteiger charge is 2.22. The number of rotatable bonds is 5. The van der Waals surface area contributed by atoms with Gasteiger partial charge in [0, 0.05) is 19.8 Å². The number of nitrogens with two attached hydrogens (primary N) is 1. The van der Waals surface area contributed by atoms with Crippen LogP contribution in [0.5, 0.6) is 0 Å². The van der Waals surface area contributed by atoms with Gasteiger partial charge in [0.05, 0.1) is 17.9 Å². The quantitative estimate of drug-likeness (QED) is 0.641. The van der Waals surface area contributed by atoms with Gasteiger partial charge in [-0.15, -0.1) is 0 Å². The molecule has 4 heteroatoms. The van der Waals surface area contributed by atoms with Gasteiger partial charge in [0.1, 0.15) is 0 Å². The summed E-state index contributed by atoms with van der Waals surface area (Å²) in [6.07, 6.45) is 3.53. The Hall–Kier alpha value is -1.71. The zero-order chi connectivity index (χ0) is 13.1. The molecule has 0 heterocycles. The van der Waals surface area contributed by atoms with Crippen molar-refractivity contribution in [2.75, 3.05) is 31.3 Å². The molecule has 1 aliphatic carbocycles. The molecule has 2 rings (SSSR count). The number of carbonyl (C=O) groups excluding carboxylic acids is 1. The topological polar surface area (TPSA) is 55.6 Å². The van der Waals surface area contributed by atoms with Gasteiger partial charge in [-0.3, -0.25) is 0 Å². The molecule has 0 aliphatic heterocycles. The third-order valence-electron chi connectivity index (χ3n) is 3.18. The van der Waals surface area contributed by atoms with Crippen molar-refractivity contribution in [1.82, 2.24) is 0 Å². The number of carbonyl (C=O) groups is 1. The molecular weight excluding hydrogens is 228 g/mol. The highest BCUT2D eigenvalue weighted by atomic mass is 16.5. The van der Waals surface area contributed by atoms with E-state index in [1.165, 1.54) is 12.8 Å². The normalized spacial score (nSPS) is 14.3. The highest BCUT2D eigenvalue weighted by molar-refractivity contribution is 5.96. The van der Waals surface area contributed by atoms with Crippen molar-refractivity contribution in [2.45, 2.75) is 19.3 Å². The van der Waals surface area contributed by atoms with Crippen LogP contribution in [0, 0.1) is 5.92 Å². The monoisotopic (exact) mass is 248 g/mol. The van der Waals surface area contributed by atoms with E-state index in [-0.39, 0.29) is 5.97 Å². The minimum absolute atomic E-state index is 0.286. The maximum absolute atomic E-state index is 12.0. The zero-order valence-corrected chi connectivity index (χ0v) is 11.0. The molecule has 0 atom stereocenters. The SMILES string of the molecule is CN(C)c1ccc(N)cc1C(=O)OCCC1CC1. The van der Waals surface area contributed by atoms with Crippen molar-refractivity contribution in [1.29, 1.82) is 0 Å². The van der Waals surface area contributed by atoms with Crippen molar-refractivity contribution in [3.8, 4) is 0 Å². The molecule has 1 saturated carbocycles. The number of hydrogen-bond acceptors (Lipinski definition) is 4. The molecule has 4 nitrogen and oxygen atoms in total. The first kappa shape index (κ1) is 12.7. The number of ether oxygens (including phenoxy) is 1. The van der Waals surface area contributed by atoms with E-state index in [0.29, 0.717) is 17.9 Å². The summed E-state index contributed by atoms with van der Waals surface area (Å²) in [5, 5.41) is 0. The summed E-state index contributed by atoms with van der Waals surface area (Å²) in [5.41, 5.74) is 7.68. The number of benzene rings is 1. The first-order valence-electron chi connectivity index (χ1n) is 6.32. The van der Waals surface area contributed by atoms with Crippen LogP contribution in [0.4, 0.5) is 11.4 Å². The Labute approximate surface area is 108 Å². The van der Waals surface area contributed by atoms with E-state index in [2.05, 4.69) is 0 Å². The van der Waals surface area contributed by atoms with E-state index < -0.39 is 0 Å². The third-order valence-corrected chi connectivity index (χ3v) is 3.18. The van der Waals surface area contributed by atoms with Gasteiger partial charge in [-0.2, -0.15) is 0 Å². The van der Waals surface area contributed by atoms with E-state index in [1.54, 1.807) is 12.1 Å². The largest absolute Gasteiger partial charge is 0.462 e. The van der Waals surface area contributed by atoms with Crippen molar-refractivity contribution in [3.63, 3.8) is 0 Å². The van der Waals surface area contributed by atoms with Gasteiger partial charge in [-0.25, -0.2) is 4.79 Å². The summed E-state index contributed by atoms with van der Waals surface area (Å²) in [7, 11) is 3.79. The van der Waals surface area contributed by atoms with Crippen LogP contribution in [0.25, 0.3) is 0 Å². The van der Waals surface area contributed by atoms with Crippen LogP contribution in [-0.2, 0) is 4.74 Å². The summed E-state index contributed by atoms with van der Waals surface area (Å²) in [4.78, 5) is 13.9. The number of anilines is 2. The molecule has 0 saturated heterocycles. The molecule has 0 aromatic heterocycles. The fourth-order valence-electron chi connectivity index (χ4n) is 1.91. The molecule has 1 fully saturated rings. The van der Waals surface area contributed by atoms with Crippen molar-refractivity contribution in [3.05, 3.63) is 23.8 Å². The second-order valence-corrected chi connectivity index (χ2v) is 5.04. The summed E-state index contributed by atoms with van der Waals surface area (Å²) >= 11 is 0. The first-order valence-corrected chi connectivity index (χ1v) is 6.32. The number of nitrogen functional groups attached to an aromatic ring is 1. The summed E-state index contributed by atoms with van der Waals surface area (Å²) in [6.45, 7) is 0.505. The lowest BCUT2D eigenvalue weighted by Crippen LogP contribution is -2.16. The average Bonchev–Trinajstić information content (AvgIpc) is 3.12. The molecule has 0 amide bonds. The zero-order valence-electron chi connectivity index (χ0n) is 11.0. The Bertz CT molecular complexity index is 439. The summed E-state index contributed by atoms with van der Waals surface area (Å²) < 4.78 is 5.30. The van der Waals surface area contributed by atoms with Crippen molar-refractivity contribution in [2.24, 2.45) is 5.92 Å². The van der Waals surface area contributed by atoms with Crippen molar-refractivity contribution < 1.29 is 9.53 Å². The highest BCUT2D eigenvalue weighted by Crippen LogP contribution is 2.32. The summed E-state index contributed by atoms with van der Waals surface area (Å²) in [6, 6.07) is 5.30. The van der Waals surface area contributed by atoms with Gasteiger partial charge in [0.15, 0.2) is 0 Å². The number of hydrogen-bond donors (Lipinski definition) is 1. The van der Waals surface area contributed by atoms with E-state index in [0.717, 1.165) is 18.0 Å². The maximum Gasteiger partial charge on any atom is 0.340 e. The van der Waals surface area contributed by atoms with Crippen LogP contribution < -0.4 is 10.6 Å². The van der Waals surface area contributed by atoms with Crippen LogP contribution in [-0.4, -0.2) is 26.7 Å². The molecule has 2 N–H and O–H groups in total. The van der Waals surface area contributed by atoms with Gasteiger partial charge < -0.3 is 15.4 Å². The Balaban J connectivity index is 2.04. The van der Waals surface area contributed by atoms with Crippen LogP contribution in [0.15, 0.2) is 18.2 Å². The molecular formula is C14H20N2O2. The number of esters is 1. The molecule has 1 aliphatic rings. The van der Waals surface area contributed by atoms with Gasteiger partial charge in [-0.05, 0) is 30.5 Å². The predicted molar refractivity (Wildman–Crippen MR) is 72.8 cm³/mol. The molecule has 0 bridgehead atoms. The third kappa shape index (κ3) is 3.15. The molecule has 1 aromatic carbocycles. The second kappa shape index (κ2) is 5.29. The van der Waals surface area contributed by atoms with E-state index in [1.807, 2.05) is 25.1 Å². The van der Waals surface area contributed by atoms with Crippen LogP contribution in [0.2, 0.25) is 0 Å². The Morgan fingerprint density at radius 2 is 2.17 bits per heavy atom. The second-order valence-electron chi connectivity index (χ2n) is 5.04. The molecule has 1 aromatic rings. The molecule has 98 valence electrons. The fraction of sp³-hybridized carbons (Fsp3) is 0.500. The minimum Gasteiger partial charge on any atom is -0.462 e. The molecule has 0 radical (unpaired) electrons. The summed E-state index contributed by atoms with van der Waals surface area (Å²) in [5.74, 6) is 0.485. The van der Waals surface area contributed by atoms with Gasteiger partial charge in [0.2, 0.25) is 0 Å². The van der Waals surface area contributed by atoms with Gasteiger partial charge in [0.25, 0.3) is 0 Å². The Kier molecular flexibility index (Phi) is 3.75. The molecule has 0 unspecified atom stereocenters. The lowest BCUT2D eigenvalue weighted by molar-refractivity contribution is 0.0496. The Morgan fingerprint density at radius 3 is 2.78 bits per heavy atom. The Morgan fingerprint density at radius 1 is 1.44 bits per heavy atom. The maximum atomic E-state index is 12.0. The van der Waals surface area contributed by atoms with E-state index in [4.69, 9.17) is 10.5 Å². The predicted octanol–water partition coefficient (Wildman–Crippen LogP) is 2.29. The molecule has 0 spiro atoms. The van der Waals surface area contributed by atoms with E-state index >= 15 is 0 Å². The molecule has 18 heavy (non-hydrogen) atoms. The number of nitrogens with zero attached hydrogens (tertiary/aromatic N) is 1. The first-order chi connectivity index (χ1) is 8.58.